The molecule has 7 heteroatoms. The van der Waals surface area contributed by atoms with Crippen molar-refractivity contribution in [2.75, 3.05) is 0 Å². The van der Waals surface area contributed by atoms with Gasteiger partial charge in [0.05, 0.1) is 11.0 Å². The van der Waals surface area contributed by atoms with E-state index in [-0.39, 0.29) is 0 Å². The van der Waals surface area contributed by atoms with Gasteiger partial charge >= 0.3 is 0 Å². The van der Waals surface area contributed by atoms with Crippen LogP contribution in [0.3, 0.4) is 0 Å². The van der Waals surface area contributed by atoms with Crippen LogP contribution >= 0.6 is 0 Å². The lowest BCUT2D eigenvalue weighted by atomic mass is 10.1. The summed E-state index contributed by atoms with van der Waals surface area (Å²) in [7, 11) is 0. The molecule has 0 atom stereocenters. The van der Waals surface area contributed by atoms with Gasteiger partial charge in [0, 0.05) is 49.1 Å². The summed E-state index contributed by atoms with van der Waals surface area (Å²) < 4.78 is 2.31. The summed E-state index contributed by atoms with van der Waals surface area (Å²) >= 11 is 0. The van der Waals surface area contributed by atoms with Gasteiger partial charge in [-0.05, 0) is 71.4 Å². The Bertz CT molecular complexity index is 3160. The Kier molecular flexibility index (Phi) is 7.03. The molecule has 0 fully saturated rings. The molecule has 0 radical (unpaired) electrons. The molecule has 0 saturated heterocycles. The summed E-state index contributed by atoms with van der Waals surface area (Å²) in [6, 6.07) is 60.3. The van der Waals surface area contributed by atoms with Crippen LogP contribution < -0.4 is 0 Å². The maximum Gasteiger partial charge on any atom is 0.164 e. The second-order valence-corrected chi connectivity index (χ2v) is 13.6. The number of nitrogens with zero attached hydrogens (tertiary/aromatic N) is 7. The summed E-state index contributed by atoms with van der Waals surface area (Å²) in [5.74, 6) is 1.24. The molecule has 0 aliphatic heterocycles. The predicted octanol–water partition coefficient (Wildman–Crippen LogP) is 11.4. The Hall–Kier alpha value is -7.64. The van der Waals surface area contributed by atoms with Crippen molar-refractivity contribution in [3.63, 3.8) is 0 Å². The van der Waals surface area contributed by atoms with Gasteiger partial charge in [0.15, 0.2) is 34.2 Å². The molecule has 7 aromatic carbocycles. The molecule has 256 valence electrons. The van der Waals surface area contributed by atoms with E-state index in [0.717, 1.165) is 70.9 Å². The van der Waals surface area contributed by atoms with E-state index in [1.165, 1.54) is 0 Å². The third-order valence-electron chi connectivity index (χ3n) is 10.2. The average molecular weight is 704 g/mol. The van der Waals surface area contributed by atoms with E-state index in [2.05, 4.69) is 114 Å². The van der Waals surface area contributed by atoms with E-state index in [1.54, 1.807) is 0 Å². The number of benzene rings is 7. The number of fused-ring (bicyclic) bond motifs is 15. The van der Waals surface area contributed by atoms with Gasteiger partial charge in [-0.15, -0.1) is 0 Å². The first-order valence-corrected chi connectivity index (χ1v) is 18.2. The minimum atomic E-state index is 0.602. The molecule has 11 aromatic rings. The maximum atomic E-state index is 5.15. The first kappa shape index (κ1) is 30.9. The molecular formula is C48H29N7. The van der Waals surface area contributed by atoms with E-state index in [0.29, 0.717) is 34.2 Å². The van der Waals surface area contributed by atoms with Crippen molar-refractivity contribution in [2.24, 2.45) is 0 Å². The number of aromatic nitrogens is 7. The Morgan fingerprint density at radius 1 is 0.291 bits per heavy atom. The third-order valence-corrected chi connectivity index (χ3v) is 10.2. The fourth-order valence-corrected chi connectivity index (χ4v) is 7.53. The summed E-state index contributed by atoms with van der Waals surface area (Å²) in [6.07, 6.45) is 0. The third kappa shape index (κ3) is 5.37. The van der Waals surface area contributed by atoms with Crippen molar-refractivity contribution < 1.29 is 0 Å². The van der Waals surface area contributed by atoms with Gasteiger partial charge in [-0.25, -0.2) is 29.9 Å². The van der Waals surface area contributed by atoms with Gasteiger partial charge in [0.1, 0.15) is 0 Å². The maximum absolute atomic E-state index is 5.15. The highest BCUT2D eigenvalue weighted by atomic mass is 15.0. The fourth-order valence-electron chi connectivity index (χ4n) is 7.53. The first-order valence-electron chi connectivity index (χ1n) is 18.2. The van der Waals surface area contributed by atoms with E-state index in [9.17, 15) is 0 Å². The SMILES string of the molecule is c1ccc(-c2nc3nc(n2)c2ccc4c(c2)c2cc(ccc2n4-c2ccccc2)c2nc(-c4ccccc4)nc(n2)c2cccc(c2)c2cccc3c2)cc1. The minimum absolute atomic E-state index is 0.602. The van der Waals surface area contributed by atoms with Crippen molar-refractivity contribution in [1.82, 2.24) is 34.5 Å². The molecule has 11 rings (SSSR count). The number of para-hydroxylation sites is 1. The minimum Gasteiger partial charge on any atom is -0.309 e. The van der Waals surface area contributed by atoms with Crippen LogP contribution in [0.15, 0.2) is 176 Å². The predicted molar refractivity (Wildman–Crippen MR) is 224 cm³/mol. The number of rotatable bonds is 3. The lowest BCUT2D eigenvalue weighted by Crippen LogP contribution is -1.94. The summed E-state index contributed by atoms with van der Waals surface area (Å²) in [4.78, 5) is 30.6. The van der Waals surface area contributed by atoms with Gasteiger partial charge in [-0.3, -0.25) is 0 Å². The van der Waals surface area contributed by atoms with Crippen molar-refractivity contribution in [3.8, 4) is 28.5 Å². The monoisotopic (exact) mass is 703 g/mol. The van der Waals surface area contributed by atoms with Crippen LogP contribution in [0.1, 0.15) is 0 Å². The average Bonchev–Trinajstić information content (AvgIpc) is 3.60. The highest BCUT2D eigenvalue weighted by Gasteiger charge is 2.15. The lowest BCUT2D eigenvalue weighted by molar-refractivity contribution is 1.18. The van der Waals surface area contributed by atoms with Crippen LogP contribution in [-0.4, -0.2) is 34.5 Å². The molecule has 0 amide bonds. The van der Waals surface area contributed by atoms with Crippen LogP contribution in [0.25, 0.3) is 105 Å². The van der Waals surface area contributed by atoms with E-state index in [1.807, 2.05) is 66.7 Å². The van der Waals surface area contributed by atoms with Crippen molar-refractivity contribution in [2.45, 2.75) is 0 Å². The molecule has 0 aliphatic rings. The largest absolute Gasteiger partial charge is 0.309 e. The number of hydrogen-bond acceptors (Lipinski definition) is 6. The zero-order valence-electron chi connectivity index (χ0n) is 29.4. The molecule has 4 aromatic heterocycles. The summed E-state index contributed by atoms with van der Waals surface area (Å²) in [5.41, 5.74) is 7.47. The van der Waals surface area contributed by atoms with Gasteiger partial charge in [0.25, 0.3) is 0 Å². The van der Waals surface area contributed by atoms with E-state index >= 15 is 0 Å². The van der Waals surface area contributed by atoms with Crippen LogP contribution in [-0.2, 0) is 0 Å². The Morgan fingerprint density at radius 3 is 1.11 bits per heavy atom. The Labute approximate surface area is 314 Å². The van der Waals surface area contributed by atoms with Gasteiger partial charge in [0.2, 0.25) is 0 Å². The highest BCUT2D eigenvalue weighted by molar-refractivity contribution is 6.13. The Morgan fingerprint density at radius 2 is 0.673 bits per heavy atom. The van der Waals surface area contributed by atoms with Crippen molar-refractivity contribution in [3.05, 3.63) is 176 Å². The normalized spacial score (nSPS) is 11.6. The van der Waals surface area contributed by atoms with Crippen molar-refractivity contribution in [1.29, 1.82) is 0 Å². The standard InChI is InChI=1S/C48H29N7/c1-4-12-30(13-5-1)43-49-45-34-18-10-16-32(26-34)33-17-11-19-35(27-33)46-50-44(31-14-6-2-7-15-31)52-48(54-46)37-23-25-42-40(29-37)39-28-36(47(51-43)53-45)22-24-41(39)55(42)38-20-8-3-9-21-38/h1-29H. The molecule has 0 spiro atoms. The topological polar surface area (TPSA) is 82.3 Å². The second-order valence-electron chi connectivity index (χ2n) is 13.6. The molecule has 7 nitrogen and oxygen atoms in total. The van der Waals surface area contributed by atoms with Crippen LogP contribution in [0.4, 0.5) is 0 Å². The molecular weight excluding hydrogens is 675 g/mol. The zero-order chi connectivity index (χ0) is 36.3. The van der Waals surface area contributed by atoms with Gasteiger partial charge in [-0.2, -0.15) is 0 Å². The molecule has 12 bridgehead atoms. The fraction of sp³-hybridized carbons (Fsp3) is 0. The van der Waals surface area contributed by atoms with E-state index < -0.39 is 0 Å². The van der Waals surface area contributed by atoms with Crippen LogP contribution in [0, 0.1) is 0 Å². The van der Waals surface area contributed by atoms with Crippen molar-refractivity contribution >= 4 is 76.7 Å². The van der Waals surface area contributed by atoms with Crippen LogP contribution in [0.5, 0.6) is 0 Å². The molecule has 0 N–H and O–H groups in total. The van der Waals surface area contributed by atoms with E-state index in [4.69, 9.17) is 29.9 Å². The smallest absolute Gasteiger partial charge is 0.164 e. The van der Waals surface area contributed by atoms with Gasteiger partial charge < -0.3 is 4.57 Å². The molecule has 0 unspecified atom stereocenters. The zero-order valence-corrected chi connectivity index (χ0v) is 29.4. The quantitative estimate of drug-likeness (QED) is 0.182. The summed E-state index contributed by atoms with van der Waals surface area (Å²) in [5, 5.41) is 7.76. The Balaban J connectivity index is 1.35. The lowest BCUT2D eigenvalue weighted by Gasteiger charge is -2.07. The van der Waals surface area contributed by atoms with Crippen LogP contribution in [0.2, 0.25) is 0 Å². The molecule has 0 saturated carbocycles. The number of hydrogen-bond donors (Lipinski definition) is 0. The second kappa shape index (κ2) is 12.5. The highest BCUT2D eigenvalue weighted by Crippen LogP contribution is 2.35. The summed E-state index contributed by atoms with van der Waals surface area (Å²) in [6.45, 7) is 0. The molecule has 0 aliphatic carbocycles. The molecule has 4 heterocycles. The first-order chi connectivity index (χ1) is 27.2. The molecule has 55 heavy (non-hydrogen) atoms. The van der Waals surface area contributed by atoms with Gasteiger partial charge in [-0.1, -0.05) is 115 Å².